The molecule has 2 heterocycles. The third kappa shape index (κ3) is 3.36. The fourth-order valence-corrected chi connectivity index (χ4v) is 5.88. The van der Waals surface area contributed by atoms with Crippen molar-refractivity contribution in [2.75, 3.05) is 18.8 Å². The van der Waals surface area contributed by atoms with Crippen LogP contribution in [0.2, 0.25) is 5.02 Å². The number of rotatable bonds is 5. The number of nitrogens with one attached hydrogen (secondary N) is 1. The largest absolute Gasteiger partial charge is 0.398 e. The van der Waals surface area contributed by atoms with Gasteiger partial charge in [0.2, 0.25) is 5.91 Å². The van der Waals surface area contributed by atoms with Crippen LogP contribution in [0, 0.1) is 24.7 Å². The molecular weight excluding hydrogens is 446 g/mol. The number of amides is 1. The van der Waals surface area contributed by atoms with Crippen molar-refractivity contribution in [2.45, 2.75) is 32.7 Å². The van der Waals surface area contributed by atoms with E-state index in [4.69, 9.17) is 27.8 Å². The molecule has 7 heteroatoms. The van der Waals surface area contributed by atoms with E-state index in [2.05, 4.69) is 18.2 Å². The second-order valence-corrected chi connectivity index (χ2v) is 9.99. The number of aryl methyl sites for hydroxylation is 1. The lowest BCUT2D eigenvalue weighted by Gasteiger charge is -2.58. The van der Waals surface area contributed by atoms with Crippen LogP contribution in [0.25, 0.3) is 22.4 Å². The van der Waals surface area contributed by atoms with Crippen molar-refractivity contribution < 1.29 is 4.79 Å². The molecule has 1 saturated heterocycles. The summed E-state index contributed by atoms with van der Waals surface area (Å²) in [6.07, 6.45) is 4.62. The maximum atomic E-state index is 11.9. The molecule has 5 rings (SSSR count). The van der Waals surface area contributed by atoms with Gasteiger partial charge in [-0.15, -0.1) is 0 Å². The zero-order chi connectivity index (χ0) is 24.2. The lowest BCUT2D eigenvalue weighted by molar-refractivity contribution is -0.149. The van der Waals surface area contributed by atoms with Crippen LogP contribution in [0.3, 0.4) is 0 Å². The summed E-state index contributed by atoms with van der Waals surface area (Å²) in [6.45, 7) is 9.16. The van der Waals surface area contributed by atoms with E-state index in [0.717, 1.165) is 59.6 Å². The number of hydrogen-bond acceptors (Lipinski definition) is 4. The van der Waals surface area contributed by atoms with E-state index >= 15 is 0 Å². The Kier molecular flexibility index (Phi) is 5.36. The minimum Gasteiger partial charge on any atom is -0.398 e. The SMILES string of the molecule is C=CC(=O)N1CC2(CC(n3nc(-c4ccccc4)c(-c4c(Cl)c(C)cc(N)c4C=N)c3C)C2)C1. The molecule has 6 nitrogen and oxygen atoms in total. The summed E-state index contributed by atoms with van der Waals surface area (Å²) in [5, 5.41) is 13.7. The summed E-state index contributed by atoms with van der Waals surface area (Å²) in [5.41, 5.74) is 13.0. The van der Waals surface area contributed by atoms with Crippen molar-refractivity contribution >= 4 is 29.4 Å². The summed E-state index contributed by atoms with van der Waals surface area (Å²) in [4.78, 5) is 13.7. The van der Waals surface area contributed by atoms with Gasteiger partial charge >= 0.3 is 0 Å². The number of carbonyl (C=O) groups excluding carboxylic acids is 1. The molecule has 1 aromatic heterocycles. The van der Waals surface area contributed by atoms with E-state index in [1.165, 1.54) is 12.3 Å². The molecule has 0 unspecified atom stereocenters. The van der Waals surface area contributed by atoms with Gasteiger partial charge in [-0.1, -0.05) is 48.5 Å². The van der Waals surface area contributed by atoms with Crippen LogP contribution in [0.5, 0.6) is 0 Å². The smallest absolute Gasteiger partial charge is 0.245 e. The number of benzene rings is 2. The van der Waals surface area contributed by atoms with Gasteiger partial charge in [0.1, 0.15) is 5.69 Å². The zero-order valence-corrected chi connectivity index (χ0v) is 20.2. The summed E-state index contributed by atoms with van der Waals surface area (Å²) in [7, 11) is 0. The van der Waals surface area contributed by atoms with E-state index in [1.54, 1.807) is 0 Å². The standard InChI is InChI=1S/C27H28ClN5O/c1-4-22(34)32-14-27(15-32)11-19(12-27)33-17(3)23(26(31-33)18-8-6-5-7-9-18)24-20(13-29)21(30)10-16(2)25(24)28/h4-10,13,19,29H,1,11-12,14-15,30H2,2-3H3. The van der Waals surface area contributed by atoms with Crippen molar-refractivity contribution in [1.29, 1.82) is 5.41 Å². The molecule has 1 aliphatic carbocycles. The number of likely N-dealkylation sites (tertiary alicyclic amines) is 1. The third-order valence-electron chi connectivity index (χ3n) is 7.33. The molecule has 174 valence electrons. The predicted molar refractivity (Wildman–Crippen MR) is 137 cm³/mol. The van der Waals surface area contributed by atoms with Gasteiger partial charge in [0.15, 0.2) is 0 Å². The highest BCUT2D eigenvalue weighted by atomic mass is 35.5. The normalized spacial score (nSPS) is 16.7. The fourth-order valence-electron chi connectivity index (χ4n) is 5.62. The molecule has 1 spiro atoms. The van der Waals surface area contributed by atoms with Crippen LogP contribution in [-0.2, 0) is 4.79 Å². The van der Waals surface area contributed by atoms with Gasteiger partial charge in [-0.3, -0.25) is 9.48 Å². The Morgan fingerprint density at radius 2 is 1.91 bits per heavy atom. The van der Waals surface area contributed by atoms with Gasteiger partial charge in [-0.2, -0.15) is 5.10 Å². The second-order valence-electron chi connectivity index (χ2n) is 9.61. The van der Waals surface area contributed by atoms with Crippen LogP contribution < -0.4 is 5.73 Å². The average molecular weight is 474 g/mol. The highest BCUT2D eigenvalue weighted by Gasteiger charge is 2.54. The number of nitrogens with two attached hydrogens (primary N) is 1. The Hall–Kier alpha value is -3.38. The van der Waals surface area contributed by atoms with Gasteiger partial charge < -0.3 is 16.0 Å². The van der Waals surface area contributed by atoms with Crippen LogP contribution in [0.4, 0.5) is 5.69 Å². The topological polar surface area (TPSA) is 88.0 Å². The maximum absolute atomic E-state index is 11.9. The number of nitrogen functional groups attached to an aromatic ring is 1. The molecule has 0 bridgehead atoms. The van der Waals surface area contributed by atoms with Crippen molar-refractivity contribution in [3.05, 3.63) is 70.9 Å². The number of carbonyl (C=O) groups is 1. The Bertz CT molecular complexity index is 1310. The first-order valence-electron chi connectivity index (χ1n) is 11.4. The monoisotopic (exact) mass is 473 g/mol. The van der Waals surface area contributed by atoms with Gasteiger partial charge in [0.05, 0.1) is 11.1 Å². The predicted octanol–water partition coefficient (Wildman–Crippen LogP) is 5.42. The van der Waals surface area contributed by atoms with Crippen LogP contribution in [0.15, 0.2) is 49.1 Å². The van der Waals surface area contributed by atoms with E-state index in [1.807, 2.05) is 48.2 Å². The van der Waals surface area contributed by atoms with Crippen LogP contribution >= 0.6 is 11.6 Å². The number of halogens is 1. The molecule has 1 amide bonds. The summed E-state index contributed by atoms with van der Waals surface area (Å²) >= 11 is 6.85. The molecule has 0 radical (unpaired) electrons. The van der Waals surface area contributed by atoms with Gasteiger partial charge in [0.25, 0.3) is 0 Å². The van der Waals surface area contributed by atoms with E-state index in [0.29, 0.717) is 16.3 Å². The van der Waals surface area contributed by atoms with E-state index in [9.17, 15) is 4.79 Å². The molecule has 2 aliphatic rings. The first-order chi connectivity index (χ1) is 16.3. The first kappa shape index (κ1) is 22.4. The highest BCUT2D eigenvalue weighted by Crippen LogP contribution is 2.55. The Morgan fingerprint density at radius 1 is 1.24 bits per heavy atom. The van der Waals surface area contributed by atoms with Crippen LogP contribution in [-0.4, -0.2) is 39.9 Å². The molecule has 1 aliphatic heterocycles. The number of hydrogen-bond donors (Lipinski definition) is 2. The number of aromatic nitrogens is 2. The lowest BCUT2D eigenvalue weighted by Crippen LogP contribution is -2.63. The lowest BCUT2D eigenvalue weighted by atomic mass is 9.60. The summed E-state index contributed by atoms with van der Waals surface area (Å²) < 4.78 is 2.11. The average Bonchev–Trinajstić information content (AvgIpc) is 3.11. The first-order valence-corrected chi connectivity index (χ1v) is 11.8. The molecular formula is C27H28ClN5O. The van der Waals surface area contributed by atoms with Gasteiger partial charge in [-0.25, -0.2) is 0 Å². The quantitative estimate of drug-likeness (QED) is 0.294. The minimum absolute atomic E-state index is 0.00356. The maximum Gasteiger partial charge on any atom is 0.245 e. The van der Waals surface area contributed by atoms with Gasteiger partial charge in [0, 0.05) is 58.4 Å². The van der Waals surface area contributed by atoms with Crippen molar-refractivity contribution in [2.24, 2.45) is 5.41 Å². The minimum atomic E-state index is 0.00356. The molecule has 2 aromatic carbocycles. The highest BCUT2D eigenvalue weighted by molar-refractivity contribution is 6.35. The third-order valence-corrected chi connectivity index (χ3v) is 7.82. The molecule has 1 saturated carbocycles. The molecule has 3 aromatic rings. The van der Waals surface area contributed by atoms with Crippen molar-refractivity contribution in [3.8, 4) is 22.4 Å². The zero-order valence-electron chi connectivity index (χ0n) is 19.4. The summed E-state index contributed by atoms with van der Waals surface area (Å²) in [5.74, 6) is 0.00356. The number of nitrogens with zero attached hydrogens (tertiary/aromatic N) is 3. The Labute approximate surface area is 204 Å². The van der Waals surface area contributed by atoms with Crippen molar-refractivity contribution in [1.82, 2.24) is 14.7 Å². The van der Waals surface area contributed by atoms with Crippen LogP contribution in [0.1, 0.15) is 35.7 Å². The van der Waals surface area contributed by atoms with Gasteiger partial charge in [-0.05, 0) is 44.4 Å². The van der Waals surface area contributed by atoms with Crippen molar-refractivity contribution in [3.63, 3.8) is 0 Å². The molecule has 3 N–H and O–H groups in total. The van der Waals surface area contributed by atoms with E-state index in [-0.39, 0.29) is 17.4 Å². The number of anilines is 1. The Morgan fingerprint density at radius 3 is 2.53 bits per heavy atom. The molecule has 2 fully saturated rings. The summed E-state index contributed by atoms with van der Waals surface area (Å²) in [6, 6.07) is 12.1. The Balaban J connectivity index is 1.59. The second kappa shape index (κ2) is 8.13. The fraction of sp³-hybridized carbons (Fsp3) is 0.296. The van der Waals surface area contributed by atoms with E-state index < -0.39 is 0 Å². The molecule has 0 atom stereocenters. The molecule has 34 heavy (non-hydrogen) atoms.